The molecule has 34 heavy (non-hydrogen) atoms. The number of aromatic hydroxyl groups is 1. The number of hydrogen-bond acceptors (Lipinski definition) is 6. The van der Waals surface area contributed by atoms with Crippen LogP contribution in [0.1, 0.15) is 22.3 Å². The summed E-state index contributed by atoms with van der Waals surface area (Å²) in [5, 5.41) is 13.0. The van der Waals surface area contributed by atoms with Gasteiger partial charge in [0, 0.05) is 11.9 Å². The monoisotopic (exact) mass is 713 g/mol. The number of hydrogen-bond donors (Lipinski definition) is 2. The predicted molar refractivity (Wildman–Crippen MR) is 160 cm³/mol. The molecule has 0 atom stereocenters. The van der Waals surface area contributed by atoms with E-state index in [0.717, 1.165) is 49.8 Å². The Morgan fingerprint density at radius 1 is 1.12 bits per heavy atom. The zero-order chi connectivity index (χ0) is 24.4. The molecule has 9 heteroatoms. The fourth-order valence-electron chi connectivity index (χ4n) is 3.52. The lowest BCUT2D eigenvalue weighted by atomic mass is 10.1. The number of nitrogens with zero attached hydrogens (tertiary/aromatic N) is 2. The number of carbonyl (C=O) groups is 1. The van der Waals surface area contributed by atoms with Crippen molar-refractivity contribution in [2.45, 2.75) is 25.1 Å². The van der Waals surface area contributed by atoms with Crippen LogP contribution in [0.3, 0.4) is 0 Å². The molecule has 3 aromatic carbocycles. The Hall–Kier alpha value is -1.70. The van der Waals surface area contributed by atoms with Crippen LogP contribution in [-0.2, 0) is 4.79 Å². The molecule has 0 unspecified atom stereocenters. The molecule has 5 nitrogen and oxygen atoms in total. The Balaban J connectivity index is 1.43. The highest BCUT2D eigenvalue weighted by Crippen LogP contribution is 2.33. The number of anilines is 1. The number of thioether (sulfide) groups is 1. The minimum Gasteiger partial charge on any atom is -0.506 e. The number of rotatable bonds is 6. The molecular formula is C25H21I2N3O2S2. The lowest BCUT2D eigenvalue weighted by Crippen LogP contribution is -2.15. The number of amides is 1. The Morgan fingerprint density at radius 2 is 1.79 bits per heavy atom. The van der Waals surface area contributed by atoms with Gasteiger partial charge < -0.3 is 10.4 Å². The molecule has 0 saturated heterocycles. The van der Waals surface area contributed by atoms with E-state index in [1.807, 2.05) is 44.2 Å². The molecule has 0 spiro atoms. The number of aryl methyl sites for hydroxylation is 3. The first kappa shape index (κ1) is 25.4. The summed E-state index contributed by atoms with van der Waals surface area (Å²) in [5.74, 6) is 0.561. The van der Waals surface area contributed by atoms with Crippen molar-refractivity contribution in [3.8, 4) is 5.75 Å². The van der Waals surface area contributed by atoms with Gasteiger partial charge in [0.15, 0.2) is 4.34 Å². The van der Waals surface area contributed by atoms with Crippen LogP contribution in [0.15, 0.2) is 51.8 Å². The highest BCUT2D eigenvalue weighted by molar-refractivity contribution is 14.1. The molecule has 4 aromatic rings. The first-order chi connectivity index (χ1) is 16.2. The molecule has 1 aromatic heterocycles. The van der Waals surface area contributed by atoms with Gasteiger partial charge in [-0.05, 0) is 113 Å². The molecule has 1 heterocycles. The summed E-state index contributed by atoms with van der Waals surface area (Å²) in [6.07, 6.45) is 1.79. The summed E-state index contributed by atoms with van der Waals surface area (Å²) in [7, 11) is 0. The van der Waals surface area contributed by atoms with Crippen molar-refractivity contribution >= 4 is 102 Å². The van der Waals surface area contributed by atoms with E-state index in [0.29, 0.717) is 11.5 Å². The number of halogens is 2. The van der Waals surface area contributed by atoms with Crippen molar-refractivity contribution in [3.63, 3.8) is 0 Å². The number of carbonyl (C=O) groups excluding carboxylic acids is 1. The Labute approximate surface area is 233 Å². The van der Waals surface area contributed by atoms with Crippen LogP contribution < -0.4 is 5.32 Å². The molecule has 0 bridgehead atoms. The Kier molecular flexibility index (Phi) is 8.16. The molecule has 1 amide bonds. The second kappa shape index (κ2) is 10.9. The maximum atomic E-state index is 12.5. The SMILES string of the molecule is Cc1cc(C)c(NC(=O)CSc2nc3ccc(N=Cc4cc(I)c(O)c(I)c4)cc3s2)c(C)c1. The van der Waals surface area contributed by atoms with E-state index in [2.05, 4.69) is 79.5 Å². The first-order valence-corrected chi connectivity index (χ1v) is 14.3. The van der Waals surface area contributed by atoms with Crippen molar-refractivity contribution in [1.29, 1.82) is 0 Å². The second-order valence-corrected chi connectivity index (χ2v) is 12.4. The topological polar surface area (TPSA) is 74.6 Å². The third-order valence-corrected chi connectivity index (χ3v) is 8.83. The number of phenols is 1. The van der Waals surface area contributed by atoms with Gasteiger partial charge in [-0.2, -0.15) is 0 Å². The van der Waals surface area contributed by atoms with Gasteiger partial charge in [-0.1, -0.05) is 29.5 Å². The second-order valence-electron chi connectivity index (χ2n) is 7.83. The van der Waals surface area contributed by atoms with Crippen LogP contribution in [0.4, 0.5) is 11.4 Å². The van der Waals surface area contributed by atoms with E-state index >= 15 is 0 Å². The molecule has 0 radical (unpaired) electrons. The minimum absolute atomic E-state index is 0.0391. The smallest absolute Gasteiger partial charge is 0.234 e. The summed E-state index contributed by atoms with van der Waals surface area (Å²) < 4.78 is 3.47. The van der Waals surface area contributed by atoms with Crippen LogP contribution in [-0.4, -0.2) is 28.0 Å². The zero-order valence-electron chi connectivity index (χ0n) is 18.6. The van der Waals surface area contributed by atoms with Crippen LogP contribution >= 0.6 is 68.3 Å². The minimum atomic E-state index is -0.0391. The molecule has 4 rings (SSSR count). The number of fused-ring (bicyclic) bond motifs is 1. The van der Waals surface area contributed by atoms with E-state index < -0.39 is 0 Å². The van der Waals surface area contributed by atoms with Gasteiger partial charge in [-0.15, -0.1) is 11.3 Å². The third-order valence-electron chi connectivity index (χ3n) is 5.02. The number of aromatic nitrogens is 1. The van der Waals surface area contributed by atoms with Crippen LogP contribution in [0.2, 0.25) is 0 Å². The largest absolute Gasteiger partial charge is 0.506 e. The molecule has 2 N–H and O–H groups in total. The summed E-state index contributed by atoms with van der Waals surface area (Å²) in [6, 6.07) is 13.8. The summed E-state index contributed by atoms with van der Waals surface area (Å²) in [6.45, 7) is 6.08. The van der Waals surface area contributed by atoms with E-state index in [1.54, 1.807) is 17.6 Å². The highest BCUT2D eigenvalue weighted by Gasteiger charge is 2.11. The molecular weight excluding hydrogens is 692 g/mol. The average Bonchev–Trinajstić information content (AvgIpc) is 3.19. The lowest BCUT2D eigenvalue weighted by molar-refractivity contribution is -0.113. The van der Waals surface area contributed by atoms with E-state index in [9.17, 15) is 9.90 Å². The van der Waals surface area contributed by atoms with Gasteiger partial charge >= 0.3 is 0 Å². The number of thiazole rings is 1. The zero-order valence-corrected chi connectivity index (χ0v) is 24.6. The molecule has 0 saturated carbocycles. The van der Waals surface area contributed by atoms with E-state index in [4.69, 9.17) is 0 Å². The van der Waals surface area contributed by atoms with Crippen molar-refractivity contribution in [3.05, 3.63) is 71.9 Å². The molecule has 0 aliphatic carbocycles. The number of benzene rings is 3. The lowest BCUT2D eigenvalue weighted by Gasteiger charge is -2.12. The van der Waals surface area contributed by atoms with Crippen molar-refractivity contribution in [2.24, 2.45) is 4.99 Å². The number of aliphatic imine (C=N–C) groups is 1. The number of phenolic OH excluding ortho intramolecular Hbond substituents is 1. The summed E-state index contributed by atoms with van der Waals surface area (Å²) in [5.41, 5.74) is 6.87. The fraction of sp³-hybridized carbons (Fsp3) is 0.160. The van der Waals surface area contributed by atoms with Crippen LogP contribution in [0, 0.1) is 27.9 Å². The molecule has 0 aliphatic heterocycles. The third kappa shape index (κ3) is 6.10. The standard InChI is InChI=1S/C25H21I2N3O2S2/c1-13-6-14(2)23(15(3)7-13)30-22(31)12-33-25-29-20-5-4-17(10-21(20)34-25)28-11-16-8-18(26)24(32)19(27)9-16/h4-11,32H,12H2,1-3H3,(H,30,31). The summed E-state index contributed by atoms with van der Waals surface area (Å²) in [4.78, 5) is 21.8. The highest BCUT2D eigenvalue weighted by atomic mass is 127. The van der Waals surface area contributed by atoms with Gasteiger partial charge in [-0.25, -0.2) is 4.98 Å². The molecule has 0 aliphatic rings. The molecule has 0 fully saturated rings. The Bertz CT molecular complexity index is 1390. The van der Waals surface area contributed by atoms with Crippen LogP contribution in [0.5, 0.6) is 5.75 Å². The van der Waals surface area contributed by atoms with E-state index in [-0.39, 0.29) is 5.91 Å². The normalized spacial score (nSPS) is 11.4. The predicted octanol–water partition coefficient (Wildman–Crippen LogP) is 7.62. The number of nitrogens with one attached hydrogen (secondary N) is 1. The van der Waals surface area contributed by atoms with Crippen LogP contribution in [0.25, 0.3) is 10.2 Å². The van der Waals surface area contributed by atoms with Gasteiger partial charge in [-0.3, -0.25) is 9.79 Å². The maximum absolute atomic E-state index is 12.5. The van der Waals surface area contributed by atoms with Gasteiger partial charge in [0.2, 0.25) is 5.91 Å². The van der Waals surface area contributed by atoms with Gasteiger partial charge in [0.1, 0.15) is 5.75 Å². The maximum Gasteiger partial charge on any atom is 0.234 e. The van der Waals surface area contributed by atoms with Crippen molar-refractivity contribution in [1.82, 2.24) is 4.98 Å². The van der Waals surface area contributed by atoms with Gasteiger partial charge in [0.05, 0.1) is 28.8 Å². The quantitative estimate of drug-likeness (QED) is 0.123. The molecule has 174 valence electrons. The average molecular weight is 713 g/mol. The first-order valence-electron chi connectivity index (χ1n) is 10.3. The fourth-order valence-corrected chi connectivity index (χ4v) is 7.24. The van der Waals surface area contributed by atoms with E-state index in [1.165, 1.54) is 17.3 Å². The summed E-state index contributed by atoms with van der Waals surface area (Å²) >= 11 is 7.23. The Morgan fingerprint density at radius 3 is 2.47 bits per heavy atom. The van der Waals surface area contributed by atoms with Crippen molar-refractivity contribution < 1.29 is 9.90 Å². The van der Waals surface area contributed by atoms with Crippen molar-refractivity contribution in [2.75, 3.05) is 11.1 Å². The van der Waals surface area contributed by atoms with Gasteiger partial charge in [0.25, 0.3) is 0 Å².